The number of unbranched alkanes of at least 4 members (excludes halogenated alkanes) is 1. The molecule has 0 heterocycles. The summed E-state index contributed by atoms with van der Waals surface area (Å²) in [6.07, 6.45) is 3.39. The molecular weight excluding hydrogens is 384 g/mol. The maximum absolute atomic E-state index is 12.2. The molecule has 1 aliphatic carbocycles. The number of nitrogens with one attached hydrogen (secondary N) is 2. The fourth-order valence-electron chi connectivity index (χ4n) is 2.00. The van der Waals surface area contributed by atoms with Crippen LogP contribution in [0, 0.1) is 0 Å². The van der Waals surface area contributed by atoms with Gasteiger partial charge in [-0.15, -0.1) is 0 Å². The summed E-state index contributed by atoms with van der Waals surface area (Å²) in [6.45, 7) is 1.17. The van der Waals surface area contributed by atoms with Gasteiger partial charge in [0.25, 0.3) is 5.91 Å². The summed E-state index contributed by atoms with van der Waals surface area (Å²) < 4.78 is 32.6. The van der Waals surface area contributed by atoms with Gasteiger partial charge in [0.1, 0.15) is 0 Å². The molecule has 1 aliphatic rings. The SMILES string of the molecule is COCCCCNC(=O)c1cc(S(=O)(=O)NC2CC2)ccc1Br. The molecule has 1 aromatic rings. The predicted molar refractivity (Wildman–Crippen MR) is 90.9 cm³/mol. The van der Waals surface area contributed by atoms with Crippen LogP contribution in [0.3, 0.4) is 0 Å². The lowest BCUT2D eigenvalue weighted by Gasteiger charge is -2.10. The molecular formula is C15H21BrN2O4S. The Bertz CT molecular complexity index is 659. The summed E-state index contributed by atoms with van der Waals surface area (Å²) in [5, 5.41) is 2.79. The number of benzene rings is 1. The van der Waals surface area contributed by atoms with Crippen molar-refractivity contribution < 1.29 is 17.9 Å². The van der Waals surface area contributed by atoms with Gasteiger partial charge in [-0.25, -0.2) is 13.1 Å². The molecule has 0 atom stereocenters. The molecule has 2 N–H and O–H groups in total. The van der Waals surface area contributed by atoms with Gasteiger partial charge in [0, 0.05) is 30.8 Å². The van der Waals surface area contributed by atoms with Crippen molar-refractivity contribution in [2.45, 2.75) is 36.6 Å². The molecule has 0 spiro atoms. The second-order valence-electron chi connectivity index (χ2n) is 5.49. The van der Waals surface area contributed by atoms with Crippen molar-refractivity contribution in [2.24, 2.45) is 0 Å². The van der Waals surface area contributed by atoms with E-state index in [2.05, 4.69) is 26.0 Å². The molecule has 1 fully saturated rings. The van der Waals surface area contributed by atoms with Gasteiger partial charge in [0.2, 0.25) is 10.0 Å². The second-order valence-corrected chi connectivity index (χ2v) is 8.06. The lowest BCUT2D eigenvalue weighted by molar-refractivity contribution is 0.0950. The third-order valence-corrected chi connectivity index (χ3v) is 5.66. The van der Waals surface area contributed by atoms with Gasteiger partial charge in [-0.3, -0.25) is 4.79 Å². The highest BCUT2D eigenvalue weighted by atomic mass is 79.9. The van der Waals surface area contributed by atoms with Gasteiger partial charge in [0.15, 0.2) is 0 Å². The normalized spacial score (nSPS) is 14.7. The van der Waals surface area contributed by atoms with E-state index in [0.29, 0.717) is 23.2 Å². The predicted octanol–water partition coefficient (Wildman–Crippen LogP) is 2.05. The first-order chi connectivity index (χ1) is 10.9. The number of methoxy groups -OCH3 is 1. The molecule has 128 valence electrons. The molecule has 0 radical (unpaired) electrons. The quantitative estimate of drug-likeness (QED) is 0.616. The molecule has 0 unspecified atom stereocenters. The standard InChI is InChI=1S/C15H21BrN2O4S/c1-22-9-3-2-8-17-15(19)13-10-12(6-7-14(13)16)23(20,21)18-11-4-5-11/h6-7,10-11,18H,2-5,8-9H2,1H3,(H,17,19). The van der Waals surface area contributed by atoms with Crippen LogP contribution >= 0.6 is 15.9 Å². The molecule has 6 nitrogen and oxygen atoms in total. The minimum absolute atomic E-state index is 0.0294. The topological polar surface area (TPSA) is 84.5 Å². The minimum atomic E-state index is -3.57. The summed E-state index contributed by atoms with van der Waals surface area (Å²) in [5.74, 6) is -0.294. The number of halogens is 1. The van der Waals surface area contributed by atoms with E-state index in [0.717, 1.165) is 25.7 Å². The summed E-state index contributed by atoms with van der Waals surface area (Å²) in [4.78, 5) is 12.3. The van der Waals surface area contributed by atoms with E-state index in [1.54, 1.807) is 13.2 Å². The van der Waals surface area contributed by atoms with Crippen LogP contribution in [-0.2, 0) is 14.8 Å². The number of rotatable bonds is 9. The Balaban J connectivity index is 2.03. The maximum atomic E-state index is 12.2. The van der Waals surface area contributed by atoms with Crippen molar-refractivity contribution in [1.82, 2.24) is 10.0 Å². The smallest absolute Gasteiger partial charge is 0.252 e. The minimum Gasteiger partial charge on any atom is -0.385 e. The molecule has 0 saturated heterocycles. The molecule has 0 aromatic heterocycles. The van der Waals surface area contributed by atoms with Gasteiger partial charge < -0.3 is 10.1 Å². The molecule has 2 rings (SSSR count). The van der Waals surface area contributed by atoms with E-state index in [1.165, 1.54) is 12.1 Å². The monoisotopic (exact) mass is 404 g/mol. The number of amides is 1. The summed E-state index contributed by atoms with van der Waals surface area (Å²) >= 11 is 3.30. The summed E-state index contributed by atoms with van der Waals surface area (Å²) in [5.41, 5.74) is 0.315. The van der Waals surface area contributed by atoms with Crippen LogP contribution in [0.4, 0.5) is 0 Å². The Hall–Kier alpha value is -0.960. The zero-order chi connectivity index (χ0) is 16.9. The fourth-order valence-corrected chi connectivity index (χ4v) is 3.76. The Morgan fingerprint density at radius 2 is 2.09 bits per heavy atom. The van der Waals surface area contributed by atoms with Crippen molar-refractivity contribution >= 4 is 31.9 Å². The van der Waals surface area contributed by atoms with E-state index in [1.807, 2.05) is 0 Å². The van der Waals surface area contributed by atoms with Crippen molar-refractivity contribution in [3.05, 3.63) is 28.2 Å². The van der Waals surface area contributed by atoms with Crippen molar-refractivity contribution in [3.8, 4) is 0 Å². The van der Waals surface area contributed by atoms with Crippen LogP contribution < -0.4 is 10.0 Å². The third kappa shape index (κ3) is 5.56. The van der Waals surface area contributed by atoms with Crippen LogP contribution in [0.1, 0.15) is 36.0 Å². The Kier molecular flexibility index (Phi) is 6.58. The summed E-state index contributed by atoms with van der Waals surface area (Å²) in [7, 11) is -1.93. The lowest BCUT2D eigenvalue weighted by Crippen LogP contribution is -2.27. The number of carbonyl (C=O) groups excluding carboxylic acids is 1. The number of ether oxygens (including phenoxy) is 1. The zero-order valence-electron chi connectivity index (χ0n) is 13.0. The first-order valence-corrected chi connectivity index (χ1v) is 9.80. The highest BCUT2D eigenvalue weighted by Gasteiger charge is 2.28. The molecule has 1 aromatic carbocycles. The van der Waals surface area contributed by atoms with Crippen LogP contribution in [0.5, 0.6) is 0 Å². The average Bonchev–Trinajstić information content (AvgIpc) is 3.30. The zero-order valence-corrected chi connectivity index (χ0v) is 15.4. The molecule has 1 amide bonds. The number of hydrogen-bond acceptors (Lipinski definition) is 4. The first-order valence-electron chi connectivity index (χ1n) is 7.53. The van der Waals surface area contributed by atoms with Gasteiger partial charge >= 0.3 is 0 Å². The Labute approximate surface area is 145 Å². The van der Waals surface area contributed by atoms with Crippen molar-refractivity contribution in [1.29, 1.82) is 0 Å². The number of hydrogen-bond donors (Lipinski definition) is 2. The van der Waals surface area contributed by atoms with E-state index >= 15 is 0 Å². The van der Waals surface area contributed by atoms with Gasteiger partial charge in [-0.1, -0.05) is 0 Å². The van der Waals surface area contributed by atoms with Crippen LogP contribution in [0.25, 0.3) is 0 Å². The highest BCUT2D eigenvalue weighted by molar-refractivity contribution is 9.10. The Morgan fingerprint density at radius 1 is 1.35 bits per heavy atom. The highest BCUT2D eigenvalue weighted by Crippen LogP contribution is 2.25. The van der Waals surface area contributed by atoms with Crippen molar-refractivity contribution in [2.75, 3.05) is 20.3 Å². The molecule has 0 bridgehead atoms. The molecule has 8 heteroatoms. The number of sulfonamides is 1. The van der Waals surface area contributed by atoms with Crippen molar-refractivity contribution in [3.63, 3.8) is 0 Å². The largest absolute Gasteiger partial charge is 0.385 e. The van der Waals surface area contributed by atoms with Gasteiger partial charge in [-0.05, 0) is 59.8 Å². The van der Waals surface area contributed by atoms with E-state index in [4.69, 9.17) is 4.74 Å². The van der Waals surface area contributed by atoms with E-state index < -0.39 is 10.0 Å². The van der Waals surface area contributed by atoms with Crippen LogP contribution in [0.15, 0.2) is 27.6 Å². The Morgan fingerprint density at radius 3 is 2.74 bits per heavy atom. The van der Waals surface area contributed by atoms with Gasteiger partial charge in [-0.2, -0.15) is 0 Å². The second kappa shape index (κ2) is 8.23. The average molecular weight is 405 g/mol. The molecule has 1 saturated carbocycles. The van der Waals surface area contributed by atoms with Crippen LogP contribution in [0.2, 0.25) is 0 Å². The van der Waals surface area contributed by atoms with Crippen LogP contribution in [-0.4, -0.2) is 40.6 Å². The van der Waals surface area contributed by atoms with Gasteiger partial charge in [0.05, 0.1) is 10.5 Å². The fraction of sp³-hybridized carbons (Fsp3) is 0.533. The number of carbonyl (C=O) groups is 1. The van der Waals surface area contributed by atoms with E-state index in [-0.39, 0.29) is 16.8 Å². The first kappa shape index (κ1) is 18.4. The molecule has 0 aliphatic heterocycles. The van der Waals surface area contributed by atoms with E-state index in [9.17, 15) is 13.2 Å². The molecule has 23 heavy (non-hydrogen) atoms. The lowest BCUT2D eigenvalue weighted by atomic mass is 10.2. The maximum Gasteiger partial charge on any atom is 0.252 e. The summed E-state index contributed by atoms with van der Waals surface area (Å²) in [6, 6.07) is 4.51. The third-order valence-electron chi connectivity index (χ3n) is 3.45.